The Labute approximate surface area is 138 Å². The highest BCUT2D eigenvalue weighted by atomic mass is 16.5. The van der Waals surface area contributed by atoms with Crippen molar-refractivity contribution in [1.82, 2.24) is 0 Å². The Morgan fingerprint density at radius 2 is 1.52 bits per heavy atom. The second kappa shape index (κ2) is 6.86. The van der Waals surface area contributed by atoms with E-state index in [0.717, 1.165) is 11.3 Å². The number of benzene rings is 2. The van der Waals surface area contributed by atoms with Gasteiger partial charge in [-0.2, -0.15) is 0 Å². The monoisotopic (exact) mass is 311 g/mol. The van der Waals surface area contributed by atoms with Crippen LogP contribution in [0.2, 0.25) is 0 Å². The third-order valence-corrected chi connectivity index (χ3v) is 3.81. The average molecular weight is 311 g/mol. The van der Waals surface area contributed by atoms with E-state index in [-0.39, 0.29) is 11.4 Å². The van der Waals surface area contributed by atoms with E-state index < -0.39 is 0 Å². The van der Waals surface area contributed by atoms with Crippen molar-refractivity contribution in [2.75, 3.05) is 19.0 Å². The lowest BCUT2D eigenvalue weighted by atomic mass is 9.87. The molecular formula is C20H25NO2. The molecule has 23 heavy (non-hydrogen) atoms. The van der Waals surface area contributed by atoms with Crippen LogP contribution >= 0.6 is 0 Å². The first-order chi connectivity index (χ1) is 10.8. The molecule has 0 amide bonds. The van der Waals surface area contributed by atoms with Crippen LogP contribution in [-0.2, 0) is 16.8 Å². The molecule has 2 aromatic carbocycles. The normalized spacial score (nSPS) is 11.2. The average Bonchev–Trinajstić information content (AvgIpc) is 2.52. The van der Waals surface area contributed by atoms with Crippen molar-refractivity contribution in [2.24, 2.45) is 0 Å². The second-order valence-electron chi connectivity index (χ2n) is 6.96. The summed E-state index contributed by atoms with van der Waals surface area (Å²) in [5.74, 6) is -0.296. The Hall–Kier alpha value is -2.29. The summed E-state index contributed by atoms with van der Waals surface area (Å²) in [4.78, 5) is 14.1. The minimum Gasteiger partial charge on any atom is -0.457 e. The summed E-state index contributed by atoms with van der Waals surface area (Å²) in [6.07, 6.45) is 0. The molecule has 122 valence electrons. The Balaban J connectivity index is 1.96. The molecule has 0 radical (unpaired) electrons. The smallest absolute Gasteiger partial charge is 0.338 e. The predicted molar refractivity (Wildman–Crippen MR) is 95.0 cm³/mol. The quantitative estimate of drug-likeness (QED) is 0.783. The van der Waals surface area contributed by atoms with E-state index in [2.05, 4.69) is 32.9 Å². The largest absolute Gasteiger partial charge is 0.457 e. The minimum absolute atomic E-state index is 0.128. The summed E-state index contributed by atoms with van der Waals surface area (Å²) < 4.78 is 5.39. The fourth-order valence-electron chi connectivity index (χ4n) is 2.23. The molecule has 2 aromatic rings. The third-order valence-electron chi connectivity index (χ3n) is 3.81. The van der Waals surface area contributed by atoms with Crippen LogP contribution in [0, 0.1) is 0 Å². The van der Waals surface area contributed by atoms with Crippen molar-refractivity contribution in [3.8, 4) is 0 Å². The van der Waals surface area contributed by atoms with Crippen LogP contribution in [0.25, 0.3) is 0 Å². The van der Waals surface area contributed by atoms with Gasteiger partial charge in [-0.15, -0.1) is 0 Å². The molecule has 0 heterocycles. The zero-order chi connectivity index (χ0) is 17.0. The summed E-state index contributed by atoms with van der Waals surface area (Å²) in [6, 6.07) is 15.6. The van der Waals surface area contributed by atoms with E-state index in [4.69, 9.17) is 4.74 Å². The molecule has 0 aliphatic carbocycles. The first-order valence-electron chi connectivity index (χ1n) is 7.81. The lowest BCUT2D eigenvalue weighted by Gasteiger charge is -2.19. The van der Waals surface area contributed by atoms with Crippen molar-refractivity contribution >= 4 is 11.7 Å². The molecule has 0 bridgehead atoms. The van der Waals surface area contributed by atoms with Crippen LogP contribution in [0.4, 0.5) is 5.69 Å². The highest BCUT2D eigenvalue weighted by molar-refractivity contribution is 5.89. The van der Waals surface area contributed by atoms with Crippen LogP contribution in [0.15, 0.2) is 48.5 Å². The number of hydrogen-bond acceptors (Lipinski definition) is 3. The number of ether oxygens (including phenoxy) is 1. The van der Waals surface area contributed by atoms with Gasteiger partial charge in [-0.3, -0.25) is 0 Å². The summed E-state index contributed by atoms with van der Waals surface area (Å²) in [7, 11) is 3.93. The number of carbonyl (C=O) groups excluding carboxylic acids is 1. The summed E-state index contributed by atoms with van der Waals surface area (Å²) in [5.41, 5.74) is 4.02. The van der Waals surface area contributed by atoms with E-state index in [1.807, 2.05) is 43.3 Å². The van der Waals surface area contributed by atoms with Gasteiger partial charge in [0.2, 0.25) is 0 Å². The molecule has 0 unspecified atom stereocenters. The molecule has 3 nitrogen and oxygen atoms in total. The molecule has 0 saturated heterocycles. The van der Waals surface area contributed by atoms with E-state index in [9.17, 15) is 4.79 Å². The Bertz CT molecular complexity index is 650. The highest BCUT2D eigenvalue weighted by Crippen LogP contribution is 2.22. The number of anilines is 1. The van der Waals surface area contributed by atoms with Gasteiger partial charge in [0.1, 0.15) is 6.61 Å². The standard InChI is InChI=1S/C20H25NO2/c1-20(2,3)17-10-6-15(7-11-17)14-23-19(22)16-8-12-18(13-9-16)21(4)5/h6-13H,14H2,1-5H3. The fourth-order valence-corrected chi connectivity index (χ4v) is 2.23. The van der Waals surface area contributed by atoms with Gasteiger partial charge < -0.3 is 9.64 Å². The second-order valence-corrected chi connectivity index (χ2v) is 6.96. The van der Waals surface area contributed by atoms with Gasteiger partial charge in [-0.25, -0.2) is 4.79 Å². The molecule has 0 atom stereocenters. The molecule has 0 aromatic heterocycles. The van der Waals surface area contributed by atoms with Crippen molar-refractivity contribution in [1.29, 1.82) is 0 Å². The van der Waals surface area contributed by atoms with Gasteiger partial charge in [-0.1, -0.05) is 45.0 Å². The topological polar surface area (TPSA) is 29.5 Å². The molecule has 0 saturated carbocycles. The van der Waals surface area contributed by atoms with Crippen LogP contribution in [0.5, 0.6) is 0 Å². The maximum Gasteiger partial charge on any atom is 0.338 e. The Kier molecular flexibility index (Phi) is 5.09. The molecular weight excluding hydrogens is 286 g/mol. The summed E-state index contributed by atoms with van der Waals surface area (Å²) >= 11 is 0. The minimum atomic E-state index is -0.296. The lowest BCUT2D eigenvalue weighted by Crippen LogP contribution is -2.11. The Morgan fingerprint density at radius 3 is 2.00 bits per heavy atom. The van der Waals surface area contributed by atoms with E-state index in [1.54, 1.807) is 12.1 Å². The third kappa shape index (κ3) is 4.59. The van der Waals surface area contributed by atoms with Crippen molar-refractivity contribution in [3.05, 3.63) is 65.2 Å². The van der Waals surface area contributed by atoms with Gasteiger partial charge in [0.25, 0.3) is 0 Å². The van der Waals surface area contributed by atoms with Crippen LogP contribution in [0.1, 0.15) is 42.3 Å². The number of rotatable bonds is 4. The predicted octanol–water partition coefficient (Wildman–Crippen LogP) is 4.41. The van der Waals surface area contributed by atoms with Crippen LogP contribution in [-0.4, -0.2) is 20.1 Å². The van der Waals surface area contributed by atoms with Crippen molar-refractivity contribution in [3.63, 3.8) is 0 Å². The molecule has 0 spiro atoms. The maximum absolute atomic E-state index is 12.1. The molecule has 0 aliphatic rings. The van der Waals surface area contributed by atoms with E-state index in [0.29, 0.717) is 12.2 Å². The summed E-state index contributed by atoms with van der Waals surface area (Å²) in [6.45, 7) is 6.83. The van der Waals surface area contributed by atoms with Gasteiger partial charge >= 0.3 is 5.97 Å². The van der Waals surface area contributed by atoms with E-state index >= 15 is 0 Å². The molecule has 0 N–H and O–H groups in total. The number of hydrogen-bond donors (Lipinski definition) is 0. The molecule has 0 fully saturated rings. The van der Waals surface area contributed by atoms with Gasteiger partial charge in [0, 0.05) is 19.8 Å². The van der Waals surface area contributed by atoms with Crippen LogP contribution < -0.4 is 4.90 Å². The number of carbonyl (C=O) groups is 1. The molecule has 3 heteroatoms. The molecule has 2 rings (SSSR count). The van der Waals surface area contributed by atoms with Crippen LogP contribution in [0.3, 0.4) is 0 Å². The van der Waals surface area contributed by atoms with Gasteiger partial charge in [0.05, 0.1) is 5.56 Å². The molecule has 0 aliphatic heterocycles. The van der Waals surface area contributed by atoms with Gasteiger partial charge in [-0.05, 0) is 40.8 Å². The number of nitrogens with zero attached hydrogens (tertiary/aromatic N) is 1. The first-order valence-corrected chi connectivity index (χ1v) is 7.81. The van der Waals surface area contributed by atoms with Crippen molar-refractivity contribution < 1.29 is 9.53 Å². The summed E-state index contributed by atoms with van der Waals surface area (Å²) in [5, 5.41) is 0. The Morgan fingerprint density at radius 1 is 0.957 bits per heavy atom. The van der Waals surface area contributed by atoms with E-state index in [1.165, 1.54) is 5.56 Å². The zero-order valence-electron chi connectivity index (χ0n) is 14.6. The van der Waals surface area contributed by atoms with Gasteiger partial charge in [0.15, 0.2) is 0 Å². The SMILES string of the molecule is CN(C)c1ccc(C(=O)OCc2ccc(C(C)(C)C)cc2)cc1. The lowest BCUT2D eigenvalue weighted by molar-refractivity contribution is 0.0472. The highest BCUT2D eigenvalue weighted by Gasteiger charge is 2.13. The maximum atomic E-state index is 12.1. The fraction of sp³-hybridized carbons (Fsp3) is 0.350. The number of esters is 1. The van der Waals surface area contributed by atoms with Crippen molar-refractivity contribution in [2.45, 2.75) is 32.8 Å². The first kappa shape index (κ1) is 17.1. The zero-order valence-corrected chi connectivity index (χ0v) is 14.6.